The number of benzene rings is 12. The number of aromatic nitrogens is 4. The second kappa shape index (κ2) is 17.6. The summed E-state index contributed by atoms with van der Waals surface area (Å²) in [6, 6.07) is 107. The lowest BCUT2D eigenvalue weighted by molar-refractivity contribution is 1.17. The van der Waals surface area contributed by atoms with Gasteiger partial charge in [-0.2, -0.15) is 0 Å². The highest BCUT2D eigenvalue weighted by molar-refractivity contribution is 6.13. The van der Waals surface area contributed by atoms with Gasteiger partial charge < -0.3 is 18.3 Å². The van der Waals surface area contributed by atoms with E-state index in [1.165, 1.54) is 87.2 Å². The van der Waals surface area contributed by atoms with Gasteiger partial charge in [0.25, 0.3) is 0 Å². The number of nitrogens with zero attached hydrogens (tertiary/aromatic N) is 4. The summed E-state index contributed by atoms with van der Waals surface area (Å²) in [4.78, 5) is 0. The number of hydrogen-bond acceptors (Lipinski definition) is 0. The molecule has 0 unspecified atom stereocenters. The van der Waals surface area contributed by atoms with E-state index in [9.17, 15) is 0 Å². The number of para-hydroxylation sites is 8. The lowest BCUT2D eigenvalue weighted by Crippen LogP contribution is -2.01. The molecule has 0 aliphatic carbocycles. The molecule has 4 nitrogen and oxygen atoms in total. The van der Waals surface area contributed by atoms with Crippen molar-refractivity contribution in [2.45, 2.75) is 0 Å². The molecule has 364 valence electrons. The van der Waals surface area contributed by atoms with Gasteiger partial charge in [0, 0.05) is 65.8 Å². The van der Waals surface area contributed by atoms with Gasteiger partial charge in [0.2, 0.25) is 0 Å². The zero-order chi connectivity index (χ0) is 51.3. The summed E-state index contributed by atoms with van der Waals surface area (Å²) in [6.45, 7) is 0. The molecule has 16 aromatic rings. The molecule has 0 aliphatic heterocycles. The molecule has 0 spiro atoms. The summed E-state index contributed by atoms with van der Waals surface area (Å²) in [6.07, 6.45) is 0. The molecular weight excluding hydrogens is 945 g/mol. The maximum atomic E-state index is 2.40. The van der Waals surface area contributed by atoms with Gasteiger partial charge in [-0.25, -0.2) is 0 Å². The lowest BCUT2D eigenvalue weighted by Gasteiger charge is -2.20. The molecule has 0 saturated carbocycles. The molecule has 0 N–H and O–H groups in total. The SMILES string of the molecule is c1ccc2c(c1)c1ccccc1n2-c1ccc(C(=C(c2ccc(-n3c4ccccc4c4ccccc43)cc2)c2ccc(-n3c4ccccc4c4ccccc43)cc2)c2ccc(-n3c4ccccc4c4ccccc43)cc2)cc1. The topological polar surface area (TPSA) is 19.7 Å². The van der Waals surface area contributed by atoms with Crippen molar-refractivity contribution in [3.8, 4) is 22.7 Å². The minimum absolute atomic E-state index is 1.12. The minimum atomic E-state index is 1.12. The van der Waals surface area contributed by atoms with Crippen molar-refractivity contribution in [1.82, 2.24) is 18.3 Å². The maximum absolute atomic E-state index is 2.40. The zero-order valence-electron chi connectivity index (χ0n) is 42.5. The Morgan fingerprint density at radius 2 is 0.295 bits per heavy atom. The average molecular weight is 993 g/mol. The maximum Gasteiger partial charge on any atom is 0.0541 e. The monoisotopic (exact) mass is 992 g/mol. The van der Waals surface area contributed by atoms with E-state index in [1.807, 2.05) is 0 Å². The fraction of sp³-hybridized carbons (Fsp3) is 0. The molecule has 0 saturated heterocycles. The molecular formula is C74H48N4. The third-order valence-electron chi connectivity index (χ3n) is 16.2. The summed E-state index contributed by atoms with van der Waals surface area (Å²) >= 11 is 0. The van der Waals surface area contributed by atoms with E-state index >= 15 is 0 Å². The van der Waals surface area contributed by atoms with Crippen molar-refractivity contribution in [1.29, 1.82) is 0 Å². The first-order valence-electron chi connectivity index (χ1n) is 26.8. The van der Waals surface area contributed by atoms with Gasteiger partial charge in [-0.05, 0) is 130 Å². The molecule has 78 heavy (non-hydrogen) atoms. The highest BCUT2D eigenvalue weighted by atomic mass is 15.0. The van der Waals surface area contributed by atoms with Crippen LogP contribution in [-0.4, -0.2) is 18.3 Å². The summed E-state index contributed by atoms with van der Waals surface area (Å²) < 4.78 is 9.61. The van der Waals surface area contributed by atoms with E-state index in [1.54, 1.807) is 0 Å². The van der Waals surface area contributed by atoms with Crippen LogP contribution >= 0.6 is 0 Å². The number of rotatable bonds is 8. The Balaban J connectivity index is 0.933. The first-order chi connectivity index (χ1) is 38.7. The highest BCUT2D eigenvalue weighted by Crippen LogP contribution is 2.42. The second-order valence-electron chi connectivity index (χ2n) is 20.4. The van der Waals surface area contributed by atoms with Crippen LogP contribution in [0.25, 0.3) is 121 Å². The van der Waals surface area contributed by atoms with Crippen molar-refractivity contribution in [3.63, 3.8) is 0 Å². The summed E-state index contributed by atoms with van der Waals surface area (Å²) in [5.74, 6) is 0. The van der Waals surface area contributed by atoms with E-state index in [-0.39, 0.29) is 0 Å². The van der Waals surface area contributed by atoms with Crippen LogP contribution in [-0.2, 0) is 0 Å². The predicted octanol–water partition coefficient (Wildman–Crippen LogP) is 19.1. The predicted molar refractivity (Wildman–Crippen MR) is 328 cm³/mol. The standard InChI is InChI=1S/C74H48N4/c1-9-25-65-57(17-1)58-18-2-10-26-66(58)75(65)53-41-33-49(34-42-53)73(50-35-43-54(44-36-50)76-67-27-11-3-19-59(67)60-20-4-12-28-68(60)76)74(51-37-45-55(46-38-51)77-69-29-13-5-21-61(69)62-22-6-14-30-70(62)77)52-39-47-56(48-40-52)78-71-31-15-7-23-63(71)64-24-8-16-32-72(64)78/h1-48H. The molecule has 4 aromatic heterocycles. The van der Waals surface area contributed by atoms with Gasteiger partial charge in [-0.3, -0.25) is 0 Å². The Hall–Kier alpha value is -10.4. The van der Waals surface area contributed by atoms with Gasteiger partial charge >= 0.3 is 0 Å². The van der Waals surface area contributed by atoms with Crippen LogP contribution in [0.1, 0.15) is 22.3 Å². The van der Waals surface area contributed by atoms with Crippen molar-refractivity contribution >= 4 is 98.4 Å². The molecule has 12 aromatic carbocycles. The van der Waals surface area contributed by atoms with E-state index in [2.05, 4.69) is 309 Å². The molecule has 0 bridgehead atoms. The van der Waals surface area contributed by atoms with Crippen LogP contribution in [0.15, 0.2) is 291 Å². The third-order valence-corrected chi connectivity index (χ3v) is 16.2. The fourth-order valence-corrected chi connectivity index (χ4v) is 12.8. The Kier molecular flexibility index (Phi) is 9.91. The highest BCUT2D eigenvalue weighted by Gasteiger charge is 2.21. The van der Waals surface area contributed by atoms with Crippen LogP contribution in [0.5, 0.6) is 0 Å². The van der Waals surface area contributed by atoms with Gasteiger partial charge in [0.05, 0.1) is 44.1 Å². The average Bonchev–Trinajstić information content (AvgIpc) is 4.42. The van der Waals surface area contributed by atoms with Crippen LogP contribution in [0, 0.1) is 0 Å². The van der Waals surface area contributed by atoms with Crippen LogP contribution in [0.2, 0.25) is 0 Å². The molecule has 0 radical (unpaired) electrons. The van der Waals surface area contributed by atoms with Gasteiger partial charge in [-0.15, -0.1) is 0 Å². The first kappa shape index (κ1) is 43.9. The Bertz CT molecular complexity index is 4190. The number of hydrogen-bond donors (Lipinski definition) is 0. The van der Waals surface area contributed by atoms with Crippen molar-refractivity contribution in [2.24, 2.45) is 0 Å². The lowest BCUT2D eigenvalue weighted by atomic mass is 9.85. The molecule has 16 rings (SSSR count). The van der Waals surface area contributed by atoms with Gasteiger partial charge in [0.1, 0.15) is 0 Å². The second-order valence-corrected chi connectivity index (χ2v) is 20.4. The molecule has 4 heteroatoms. The van der Waals surface area contributed by atoms with Crippen LogP contribution in [0.4, 0.5) is 0 Å². The van der Waals surface area contributed by atoms with Crippen molar-refractivity contribution in [2.75, 3.05) is 0 Å². The molecule has 0 aliphatic rings. The Labute approximate surface area is 450 Å². The number of fused-ring (bicyclic) bond motifs is 12. The smallest absolute Gasteiger partial charge is 0.0541 e. The van der Waals surface area contributed by atoms with E-state index in [0.717, 1.165) is 56.1 Å². The van der Waals surface area contributed by atoms with Gasteiger partial charge in [-0.1, -0.05) is 194 Å². The summed E-state index contributed by atoms with van der Waals surface area (Å²) in [5, 5.41) is 9.98. The van der Waals surface area contributed by atoms with Crippen LogP contribution < -0.4 is 0 Å². The fourth-order valence-electron chi connectivity index (χ4n) is 12.8. The first-order valence-corrected chi connectivity index (χ1v) is 26.8. The minimum Gasteiger partial charge on any atom is -0.309 e. The molecule has 0 atom stereocenters. The normalized spacial score (nSPS) is 11.8. The third kappa shape index (κ3) is 6.73. The molecule has 4 heterocycles. The van der Waals surface area contributed by atoms with Crippen LogP contribution in [0.3, 0.4) is 0 Å². The van der Waals surface area contributed by atoms with Crippen molar-refractivity contribution in [3.05, 3.63) is 313 Å². The van der Waals surface area contributed by atoms with E-state index < -0.39 is 0 Å². The molecule has 0 amide bonds. The van der Waals surface area contributed by atoms with E-state index in [0.29, 0.717) is 0 Å². The van der Waals surface area contributed by atoms with E-state index in [4.69, 9.17) is 0 Å². The largest absolute Gasteiger partial charge is 0.309 e. The quantitative estimate of drug-likeness (QED) is 0.135. The van der Waals surface area contributed by atoms with Crippen molar-refractivity contribution < 1.29 is 0 Å². The summed E-state index contributed by atoms with van der Waals surface area (Å²) in [7, 11) is 0. The zero-order valence-corrected chi connectivity index (χ0v) is 42.5. The summed E-state index contributed by atoms with van der Waals surface area (Å²) in [5.41, 5.74) is 20.8. The van der Waals surface area contributed by atoms with Gasteiger partial charge in [0.15, 0.2) is 0 Å². The Morgan fingerprint density at radius 3 is 0.449 bits per heavy atom. The molecule has 0 fully saturated rings. The Morgan fingerprint density at radius 1 is 0.154 bits per heavy atom.